The van der Waals surface area contributed by atoms with Crippen molar-refractivity contribution in [1.82, 2.24) is 13.5 Å². The summed E-state index contributed by atoms with van der Waals surface area (Å²) >= 11 is 0. The third kappa shape index (κ3) is 4.59. The number of hydrogen-bond donors (Lipinski definition) is 0. The van der Waals surface area contributed by atoms with Gasteiger partial charge in [0.25, 0.3) is 10.2 Å². The van der Waals surface area contributed by atoms with E-state index in [1.807, 2.05) is 19.9 Å². The van der Waals surface area contributed by atoms with Crippen LogP contribution < -0.4 is 9.47 Å². The van der Waals surface area contributed by atoms with Gasteiger partial charge in [-0.25, -0.2) is 0 Å². The minimum Gasteiger partial charge on any atom is -0.497 e. The van der Waals surface area contributed by atoms with Crippen LogP contribution in [0.15, 0.2) is 18.2 Å². The zero-order chi connectivity index (χ0) is 20.9. The zero-order valence-electron chi connectivity index (χ0n) is 17.3. The summed E-state index contributed by atoms with van der Waals surface area (Å²) in [6, 6.07) is 5.02. The van der Waals surface area contributed by atoms with Crippen LogP contribution in [-0.4, -0.2) is 75.3 Å². The molecule has 9 heteroatoms. The first-order valence-electron chi connectivity index (χ1n) is 9.52. The van der Waals surface area contributed by atoms with Gasteiger partial charge in [0.15, 0.2) is 0 Å². The second-order valence-electron chi connectivity index (χ2n) is 6.71. The summed E-state index contributed by atoms with van der Waals surface area (Å²) in [4.78, 5) is 14.0. The fourth-order valence-electron chi connectivity index (χ4n) is 3.55. The highest BCUT2D eigenvalue weighted by Crippen LogP contribution is 2.40. The fourth-order valence-corrected chi connectivity index (χ4v) is 5.09. The van der Waals surface area contributed by atoms with Crippen molar-refractivity contribution in [2.45, 2.75) is 32.7 Å². The summed E-state index contributed by atoms with van der Waals surface area (Å²) in [5.74, 6) is 1.06. The summed E-state index contributed by atoms with van der Waals surface area (Å²) in [7, 11) is 0.785. The van der Waals surface area contributed by atoms with E-state index < -0.39 is 10.2 Å². The predicted molar refractivity (Wildman–Crippen MR) is 108 cm³/mol. The molecular weight excluding hydrogens is 382 g/mol. The molecule has 1 heterocycles. The zero-order valence-corrected chi connectivity index (χ0v) is 18.2. The molecule has 28 heavy (non-hydrogen) atoms. The Kier molecular flexibility index (Phi) is 7.68. The first-order valence-corrected chi connectivity index (χ1v) is 10.9. The summed E-state index contributed by atoms with van der Waals surface area (Å²) < 4.78 is 39.8. The molecule has 158 valence electrons. The van der Waals surface area contributed by atoms with E-state index in [1.165, 1.54) is 11.4 Å². The SMILES string of the molecule is CCN(CC)C(=O)CN(C)S(=O)(=O)N1CCC[C@@H]1c1cc(OC)ccc1OC. The van der Waals surface area contributed by atoms with E-state index in [4.69, 9.17) is 9.47 Å². The molecule has 0 aliphatic carbocycles. The van der Waals surface area contributed by atoms with E-state index in [0.717, 1.165) is 16.3 Å². The topological polar surface area (TPSA) is 79.4 Å². The predicted octanol–water partition coefficient (Wildman–Crippen LogP) is 1.89. The quantitative estimate of drug-likeness (QED) is 0.618. The molecule has 0 unspecified atom stereocenters. The van der Waals surface area contributed by atoms with Crippen molar-refractivity contribution < 1.29 is 22.7 Å². The van der Waals surface area contributed by atoms with Crippen LogP contribution in [0.4, 0.5) is 0 Å². The second kappa shape index (κ2) is 9.58. The van der Waals surface area contributed by atoms with E-state index in [-0.39, 0.29) is 18.5 Å². The second-order valence-corrected chi connectivity index (χ2v) is 8.69. The highest BCUT2D eigenvalue weighted by Gasteiger charge is 2.39. The van der Waals surface area contributed by atoms with Gasteiger partial charge in [-0.2, -0.15) is 17.0 Å². The number of benzene rings is 1. The third-order valence-corrected chi connectivity index (χ3v) is 7.11. The van der Waals surface area contributed by atoms with Crippen molar-refractivity contribution in [3.8, 4) is 11.5 Å². The molecule has 0 N–H and O–H groups in total. The highest BCUT2D eigenvalue weighted by molar-refractivity contribution is 7.86. The molecule has 1 aliphatic heterocycles. The van der Waals surface area contributed by atoms with Crippen LogP contribution in [0.3, 0.4) is 0 Å². The van der Waals surface area contributed by atoms with Gasteiger partial charge in [0.05, 0.1) is 26.8 Å². The van der Waals surface area contributed by atoms with Crippen molar-refractivity contribution in [3.05, 3.63) is 23.8 Å². The fraction of sp³-hybridized carbons (Fsp3) is 0.632. The smallest absolute Gasteiger partial charge is 0.282 e. The van der Waals surface area contributed by atoms with Crippen molar-refractivity contribution in [1.29, 1.82) is 0 Å². The van der Waals surface area contributed by atoms with Crippen molar-refractivity contribution in [3.63, 3.8) is 0 Å². The van der Waals surface area contributed by atoms with E-state index in [0.29, 0.717) is 37.6 Å². The van der Waals surface area contributed by atoms with Gasteiger partial charge < -0.3 is 14.4 Å². The van der Waals surface area contributed by atoms with Gasteiger partial charge in [-0.05, 0) is 44.9 Å². The molecule has 1 aromatic rings. The molecule has 2 rings (SSSR count). The Hall–Kier alpha value is -1.84. The third-order valence-electron chi connectivity index (χ3n) is 5.16. The van der Waals surface area contributed by atoms with Crippen LogP contribution in [0.5, 0.6) is 11.5 Å². The number of amides is 1. The molecule has 8 nitrogen and oxygen atoms in total. The number of nitrogens with zero attached hydrogens (tertiary/aromatic N) is 3. The molecule has 0 radical (unpaired) electrons. The monoisotopic (exact) mass is 413 g/mol. The lowest BCUT2D eigenvalue weighted by atomic mass is 10.0. The largest absolute Gasteiger partial charge is 0.497 e. The molecule has 0 saturated carbocycles. The van der Waals surface area contributed by atoms with Crippen LogP contribution in [0.25, 0.3) is 0 Å². The minimum absolute atomic E-state index is 0.178. The Morgan fingerprint density at radius 3 is 2.46 bits per heavy atom. The lowest BCUT2D eigenvalue weighted by Gasteiger charge is -2.30. The van der Waals surface area contributed by atoms with Gasteiger partial charge in [0.1, 0.15) is 11.5 Å². The molecule has 0 aromatic heterocycles. The number of carbonyl (C=O) groups excluding carboxylic acids is 1. The van der Waals surface area contributed by atoms with E-state index >= 15 is 0 Å². The lowest BCUT2D eigenvalue weighted by Crippen LogP contribution is -2.46. The van der Waals surface area contributed by atoms with Crippen LogP contribution >= 0.6 is 0 Å². The summed E-state index contributed by atoms with van der Waals surface area (Å²) in [6.45, 7) is 5.08. The maximum Gasteiger partial charge on any atom is 0.282 e. The average Bonchev–Trinajstić information content (AvgIpc) is 3.18. The van der Waals surface area contributed by atoms with Crippen molar-refractivity contribution in [2.75, 3.05) is 47.4 Å². The normalized spacial score (nSPS) is 17.7. The van der Waals surface area contributed by atoms with Gasteiger partial charge in [-0.1, -0.05) is 0 Å². The minimum atomic E-state index is -3.80. The molecule has 1 aromatic carbocycles. The number of likely N-dealkylation sites (N-methyl/N-ethyl adjacent to an activating group) is 2. The maximum absolute atomic E-state index is 13.2. The van der Waals surface area contributed by atoms with E-state index in [2.05, 4.69) is 0 Å². The summed E-state index contributed by atoms with van der Waals surface area (Å²) in [6.07, 6.45) is 1.42. The highest BCUT2D eigenvalue weighted by atomic mass is 32.2. The van der Waals surface area contributed by atoms with Gasteiger partial charge in [0, 0.05) is 32.2 Å². The van der Waals surface area contributed by atoms with Crippen LogP contribution in [0.2, 0.25) is 0 Å². The number of hydrogen-bond acceptors (Lipinski definition) is 5. The van der Waals surface area contributed by atoms with Gasteiger partial charge >= 0.3 is 0 Å². The Morgan fingerprint density at radius 2 is 1.89 bits per heavy atom. The number of methoxy groups -OCH3 is 2. The molecule has 0 spiro atoms. The number of carbonyl (C=O) groups is 1. The summed E-state index contributed by atoms with van der Waals surface area (Å²) in [5.41, 5.74) is 0.770. The van der Waals surface area contributed by atoms with Crippen molar-refractivity contribution in [2.24, 2.45) is 0 Å². The molecule has 1 fully saturated rings. The molecule has 1 atom stereocenters. The van der Waals surface area contributed by atoms with Crippen molar-refractivity contribution >= 4 is 16.1 Å². The molecule has 0 bridgehead atoms. The van der Waals surface area contributed by atoms with E-state index in [9.17, 15) is 13.2 Å². The van der Waals surface area contributed by atoms with Crippen LogP contribution in [-0.2, 0) is 15.0 Å². The van der Waals surface area contributed by atoms with Gasteiger partial charge in [0.2, 0.25) is 5.91 Å². The first-order chi connectivity index (χ1) is 13.3. The van der Waals surface area contributed by atoms with Gasteiger partial charge in [-0.15, -0.1) is 0 Å². The lowest BCUT2D eigenvalue weighted by molar-refractivity contribution is -0.130. The molecule has 1 aliphatic rings. The number of rotatable bonds is 9. The van der Waals surface area contributed by atoms with Crippen LogP contribution in [0, 0.1) is 0 Å². The Balaban J connectivity index is 2.29. The standard InChI is InChI=1S/C19H31N3O5S/c1-6-21(7-2)19(23)14-20(3)28(24,25)22-12-8-9-17(22)16-13-15(26-4)10-11-18(16)27-5/h10-11,13,17H,6-9,12,14H2,1-5H3/t17-/m1/s1. The maximum atomic E-state index is 13.2. The molecule has 1 amide bonds. The molecular formula is C19H31N3O5S. The van der Waals surface area contributed by atoms with E-state index in [1.54, 1.807) is 31.3 Å². The van der Waals surface area contributed by atoms with Gasteiger partial charge in [-0.3, -0.25) is 4.79 Å². The molecule has 1 saturated heterocycles. The average molecular weight is 414 g/mol. The number of ether oxygens (including phenoxy) is 2. The first kappa shape index (κ1) is 22.4. The van der Waals surface area contributed by atoms with Crippen LogP contribution in [0.1, 0.15) is 38.3 Å². The Morgan fingerprint density at radius 1 is 1.21 bits per heavy atom. The Labute approximate surface area is 168 Å². The summed E-state index contributed by atoms with van der Waals surface area (Å²) in [5, 5.41) is 0. The Bertz CT molecular complexity index is 780.